The molecule has 0 aliphatic rings. The van der Waals surface area contributed by atoms with E-state index in [1.54, 1.807) is 18.2 Å². The quantitative estimate of drug-likeness (QED) is 0.786. The van der Waals surface area contributed by atoms with Crippen LogP contribution in [0.1, 0.15) is 29.3 Å². The minimum Gasteiger partial charge on any atom is -0.366 e. The summed E-state index contributed by atoms with van der Waals surface area (Å²) in [5.41, 5.74) is 12.1. The standard InChI is InChI=1S/C12H18N2O2S/c1-9(13)5-6-17(16)8-10-3-2-4-11(7-10)12(14)15/h2-4,7,9H,5-6,8,13H2,1H3,(H2,14,15). The number of carbonyl (C=O) groups is 1. The molecule has 0 bridgehead atoms. The van der Waals surface area contributed by atoms with Crippen molar-refractivity contribution in [2.45, 2.75) is 25.1 Å². The van der Waals surface area contributed by atoms with E-state index in [4.69, 9.17) is 11.5 Å². The molecule has 0 spiro atoms. The van der Waals surface area contributed by atoms with Crippen LogP contribution in [0.3, 0.4) is 0 Å². The molecule has 0 aromatic heterocycles. The Kier molecular flexibility index (Phi) is 5.31. The van der Waals surface area contributed by atoms with Crippen LogP contribution in [-0.4, -0.2) is 21.9 Å². The van der Waals surface area contributed by atoms with Crippen molar-refractivity contribution >= 4 is 16.7 Å². The second kappa shape index (κ2) is 6.51. The van der Waals surface area contributed by atoms with Crippen molar-refractivity contribution in [2.75, 3.05) is 5.75 Å². The van der Waals surface area contributed by atoms with E-state index in [0.29, 0.717) is 17.1 Å². The SMILES string of the molecule is CC(N)CCS(=O)Cc1cccc(C(N)=O)c1. The first-order chi connectivity index (χ1) is 7.99. The van der Waals surface area contributed by atoms with E-state index < -0.39 is 16.7 Å². The van der Waals surface area contributed by atoms with Gasteiger partial charge in [0.05, 0.1) is 0 Å². The lowest BCUT2D eigenvalue weighted by molar-refractivity contribution is 0.1000. The van der Waals surface area contributed by atoms with Crippen LogP contribution in [0, 0.1) is 0 Å². The van der Waals surface area contributed by atoms with Crippen LogP contribution in [0.25, 0.3) is 0 Å². The first kappa shape index (κ1) is 13.9. The molecule has 2 atom stereocenters. The molecule has 2 unspecified atom stereocenters. The van der Waals surface area contributed by atoms with E-state index in [-0.39, 0.29) is 6.04 Å². The maximum Gasteiger partial charge on any atom is 0.248 e. The normalized spacial score (nSPS) is 14.2. The third kappa shape index (κ3) is 5.10. The van der Waals surface area contributed by atoms with Crippen LogP contribution in [0.4, 0.5) is 0 Å². The summed E-state index contributed by atoms with van der Waals surface area (Å²) in [6.07, 6.45) is 0.738. The maximum absolute atomic E-state index is 11.7. The van der Waals surface area contributed by atoms with Gasteiger partial charge in [-0.25, -0.2) is 0 Å². The Morgan fingerprint density at radius 1 is 1.47 bits per heavy atom. The van der Waals surface area contributed by atoms with Gasteiger partial charge < -0.3 is 11.5 Å². The molecule has 0 aliphatic heterocycles. The molecule has 0 radical (unpaired) electrons. The average molecular weight is 254 g/mol. The lowest BCUT2D eigenvalue weighted by atomic mass is 10.1. The van der Waals surface area contributed by atoms with E-state index in [1.807, 2.05) is 13.0 Å². The van der Waals surface area contributed by atoms with Crippen LogP contribution in [0.2, 0.25) is 0 Å². The number of primary amides is 1. The molecule has 1 aromatic rings. The second-order valence-corrected chi connectivity index (χ2v) is 5.70. The first-order valence-corrected chi connectivity index (χ1v) is 6.97. The molecule has 0 fully saturated rings. The average Bonchev–Trinajstić information content (AvgIpc) is 2.26. The predicted molar refractivity (Wildman–Crippen MR) is 69.9 cm³/mol. The van der Waals surface area contributed by atoms with Crippen molar-refractivity contribution in [3.05, 3.63) is 35.4 Å². The van der Waals surface area contributed by atoms with Gasteiger partial charge in [0.2, 0.25) is 5.91 Å². The number of rotatable bonds is 6. The monoisotopic (exact) mass is 254 g/mol. The second-order valence-electron chi connectivity index (χ2n) is 4.12. The summed E-state index contributed by atoms with van der Waals surface area (Å²) in [7, 11) is -0.945. The summed E-state index contributed by atoms with van der Waals surface area (Å²) in [5.74, 6) is 0.556. The Morgan fingerprint density at radius 2 is 2.18 bits per heavy atom. The molecular weight excluding hydrogens is 236 g/mol. The minimum absolute atomic E-state index is 0.0657. The molecule has 0 heterocycles. The van der Waals surface area contributed by atoms with Gasteiger partial charge in [-0.15, -0.1) is 0 Å². The highest BCUT2D eigenvalue weighted by Gasteiger charge is 2.06. The highest BCUT2D eigenvalue weighted by molar-refractivity contribution is 7.84. The third-order valence-corrected chi connectivity index (χ3v) is 3.69. The van der Waals surface area contributed by atoms with Crippen molar-refractivity contribution < 1.29 is 9.00 Å². The van der Waals surface area contributed by atoms with Crippen LogP contribution in [0.5, 0.6) is 0 Å². The summed E-state index contributed by atoms with van der Waals surface area (Å²) in [6.45, 7) is 1.89. The molecule has 0 saturated carbocycles. The number of hydrogen-bond donors (Lipinski definition) is 2. The summed E-state index contributed by atoms with van der Waals surface area (Å²) < 4.78 is 11.7. The molecule has 0 saturated heterocycles. The molecule has 4 N–H and O–H groups in total. The summed E-state index contributed by atoms with van der Waals surface area (Å²) in [4.78, 5) is 11.0. The number of carbonyl (C=O) groups excluding carboxylic acids is 1. The Labute approximate surface area is 104 Å². The fraction of sp³-hybridized carbons (Fsp3) is 0.417. The number of amides is 1. The van der Waals surface area contributed by atoms with Crippen LogP contribution in [-0.2, 0) is 16.6 Å². The van der Waals surface area contributed by atoms with E-state index >= 15 is 0 Å². The molecule has 5 heteroatoms. The molecule has 94 valence electrons. The van der Waals surface area contributed by atoms with Crippen molar-refractivity contribution in [2.24, 2.45) is 11.5 Å². The first-order valence-electron chi connectivity index (χ1n) is 5.48. The highest BCUT2D eigenvalue weighted by Crippen LogP contribution is 2.08. The fourth-order valence-corrected chi connectivity index (χ4v) is 2.72. The zero-order valence-corrected chi connectivity index (χ0v) is 10.7. The largest absolute Gasteiger partial charge is 0.366 e. The minimum atomic E-state index is -0.945. The van der Waals surface area contributed by atoms with Crippen molar-refractivity contribution in [1.82, 2.24) is 0 Å². The van der Waals surface area contributed by atoms with Gasteiger partial charge in [0.15, 0.2) is 0 Å². The zero-order chi connectivity index (χ0) is 12.8. The number of benzene rings is 1. The Bertz CT molecular complexity index is 419. The van der Waals surface area contributed by atoms with E-state index in [2.05, 4.69) is 0 Å². The lowest BCUT2D eigenvalue weighted by Gasteiger charge is -2.06. The topological polar surface area (TPSA) is 86.2 Å². The highest BCUT2D eigenvalue weighted by atomic mass is 32.2. The molecule has 0 aliphatic carbocycles. The third-order valence-electron chi connectivity index (χ3n) is 2.34. The van der Waals surface area contributed by atoms with Gasteiger partial charge in [0.1, 0.15) is 0 Å². The van der Waals surface area contributed by atoms with Gasteiger partial charge in [-0.3, -0.25) is 9.00 Å². The summed E-state index contributed by atoms with van der Waals surface area (Å²) in [6, 6.07) is 6.99. The lowest BCUT2D eigenvalue weighted by Crippen LogP contribution is -2.18. The molecule has 4 nitrogen and oxygen atoms in total. The van der Waals surface area contributed by atoms with E-state index in [0.717, 1.165) is 12.0 Å². The maximum atomic E-state index is 11.7. The summed E-state index contributed by atoms with van der Waals surface area (Å²) >= 11 is 0. The van der Waals surface area contributed by atoms with Crippen LogP contribution < -0.4 is 11.5 Å². The molecule has 17 heavy (non-hydrogen) atoms. The Hall–Kier alpha value is -1.20. The molecular formula is C12H18N2O2S. The van der Waals surface area contributed by atoms with Gasteiger partial charge in [-0.2, -0.15) is 0 Å². The fourth-order valence-electron chi connectivity index (χ4n) is 1.39. The van der Waals surface area contributed by atoms with Gasteiger partial charge in [-0.1, -0.05) is 12.1 Å². The van der Waals surface area contributed by atoms with Crippen molar-refractivity contribution in [3.8, 4) is 0 Å². The van der Waals surface area contributed by atoms with Crippen molar-refractivity contribution in [1.29, 1.82) is 0 Å². The van der Waals surface area contributed by atoms with Crippen LogP contribution in [0.15, 0.2) is 24.3 Å². The van der Waals surface area contributed by atoms with E-state index in [1.165, 1.54) is 0 Å². The van der Waals surface area contributed by atoms with Gasteiger partial charge in [0.25, 0.3) is 0 Å². The predicted octanol–water partition coefficient (Wildman–Crippen LogP) is 0.772. The molecule has 1 rings (SSSR count). The molecule has 1 amide bonds. The van der Waals surface area contributed by atoms with E-state index in [9.17, 15) is 9.00 Å². The zero-order valence-electron chi connectivity index (χ0n) is 9.89. The van der Waals surface area contributed by atoms with Gasteiger partial charge >= 0.3 is 0 Å². The van der Waals surface area contributed by atoms with Gasteiger partial charge in [-0.05, 0) is 31.0 Å². The van der Waals surface area contributed by atoms with Crippen molar-refractivity contribution in [3.63, 3.8) is 0 Å². The number of hydrogen-bond acceptors (Lipinski definition) is 3. The van der Waals surface area contributed by atoms with Crippen LogP contribution >= 0.6 is 0 Å². The van der Waals surface area contributed by atoms with Gasteiger partial charge in [0, 0.05) is 33.9 Å². The summed E-state index contributed by atoms with van der Waals surface area (Å²) in [5, 5.41) is 0. The Morgan fingerprint density at radius 3 is 2.76 bits per heavy atom. The number of nitrogens with two attached hydrogens (primary N) is 2. The smallest absolute Gasteiger partial charge is 0.248 e. The Balaban J connectivity index is 2.59. The molecule has 1 aromatic carbocycles.